The Kier molecular flexibility index (Phi) is 4.16. The van der Waals surface area contributed by atoms with Crippen molar-refractivity contribution in [1.29, 1.82) is 0 Å². The van der Waals surface area contributed by atoms with Gasteiger partial charge >= 0.3 is 0 Å². The molecule has 0 atom stereocenters. The molecule has 1 heterocycles. The van der Waals surface area contributed by atoms with Gasteiger partial charge in [0.15, 0.2) is 0 Å². The molecule has 0 radical (unpaired) electrons. The molecule has 1 amide bonds. The summed E-state index contributed by atoms with van der Waals surface area (Å²) in [4.78, 5) is 23.8. The van der Waals surface area contributed by atoms with Crippen molar-refractivity contribution < 1.29 is 13.6 Å². The van der Waals surface area contributed by atoms with Crippen LogP contribution in [0.2, 0.25) is 0 Å². The molecule has 0 saturated carbocycles. The van der Waals surface area contributed by atoms with Crippen LogP contribution >= 0.6 is 0 Å². The lowest BCUT2D eigenvalue weighted by atomic mass is 10.0. The average molecular weight is 292 g/mol. The maximum Gasteiger partial charge on any atom is 0.254 e. The summed E-state index contributed by atoms with van der Waals surface area (Å²) >= 11 is 0. The summed E-state index contributed by atoms with van der Waals surface area (Å²) in [6.07, 6.45) is 1.26. The van der Waals surface area contributed by atoms with E-state index in [1.54, 1.807) is 6.92 Å². The molecule has 1 aromatic carbocycles. The van der Waals surface area contributed by atoms with E-state index in [-0.39, 0.29) is 16.8 Å². The molecule has 110 valence electrons. The van der Waals surface area contributed by atoms with Crippen molar-refractivity contribution in [2.24, 2.45) is 5.73 Å². The fourth-order valence-corrected chi connectivity index (χ4v) is 2.22. The van der Waals surface area contributed by atoms with Crippen LogP contribution in [0.3, 0.4) is 0 Å². The van der Waals surface area contributed by atoms with Crippen LogP contribution in [0.25, 0.3) is 11.1 Å². The van der Waals surface area contributed by atoms with Crippen LogP contribution in [0.15, 0.2) is 35.3 Å². The molecule has 2 rings (SSSR count). The molecule has 0 bridgehead atoms. The van der Waals surface area contributed by atoms with E-state index in [2.05, 4.69) is 0 Å². The molecule has 6 heteroatoms. The number of aromatic nitrogens is 1. The van der Waals surface area contributed by atoms with Crippen LogP contribution in [0, 0.1) is 5.82 Å². The molecule has 0 aliphatic carbocycles. The third kappa shape index (κ3) is 2.69. The lowest BCUT2D eigenvalue weighted by Gasteiger charge is -2.15. The molecule has 0 spiro atoms. The van der Waals surface area contributed by atoms with E-state index in [0.29, 0.717) is 12.1 Å². The SMILES string of the molecule is CCn1cc(C(N)=O)c(=O)c(-c2ccc(F)cc2)c1CF. The fraction of sp³-hybridized carbons (Fsp3) is 0.200. The highest BCUT2D eigenvalue weighted by atomic mass is 19.1. The second-order valence-electron chi connectivity index (χ2n) is 4.48. The van der Waals surface area contributed by atoms with Gasteiger partial charge in [0.1, 0.15) is 18.1 Å². The average Bonchev–Trinajstić information content (AvgIpc) is 2.47. The van der Waals surface area contributed by atoms with Crippen LogP contribution in [-0.4, -0.2) is 10.5 Å². The number of nitrogens with two attached hydrogens (primary N) is 1. The number of aryl methyl sites for hydroxylation is 1. The summed E-state index contributed by atoms with van der Waals surface area (Å²) < 4.78 is 27.8. The molecule has 2 N–H and O–H groups in total. The molecule has 1 aromatic heterocycles. The predicted molar refractivity (Wildman–Crippen MR) is 75.1 cm³/mol. The third-order valence-electron chi connectivity index (χ3n) is 3.26. The van der Waals surface area contributed by atoms with Gasteiger partial charge < -0.3 is 10.3 Å². The number of hydrogen-bond donors (Lipinski definition) is 1. The maximum atomic E-state index is 13.4. The quantitative estimate of drug-likeness (QED) is 0.939. The maximum absolute atomic E-state index is 13.4. The molecular weight excluding hydrogens is 278 g/mol. The molecule has 0 unspecified atom stereocenters. The van der Waals surface area contributed by atoms with Gasteiger partial charge in [-0.2, -0.15) is 0 Å². The van der Waals surface area contributed by atoms with Gasteiger partial charge in [-0.3, -0.25) is 9.59 Å². The predicted octanol–water partition coefficient (Wildman–Crippen LogP) is 2.24. The second-order valence-corrected chi connectivity index (χ2v) is 4.48. The van der Waals surface area contributed by atoms with Crippen LogP contribution < -0.4 is 11.2 Å². The number of halogens is 2. The van der Waals surface area contributed by atoms with Crippen molar-refractivity contribution in [1.82, 2.24) is 4.57 Å². The first-order chi connectivity index (χ1) is 9.99. The van der Waals surface area contributed by atoms with Gasteiger partial charge in [0.25, 0.3) is 5.91 Å². The molecule has 0 fully saturated rings. The second kappa shape index (κ2) is 5.87. The molecular formula is C15H14F2N2O2. The van der Waals surface area contributed by atoms with E-state index in [9.17, 15) is 18.4 Å². The van der Waals surface area contributed by atoms with Gasteiger partial charge in [-0.05, 0) is 24.6 Å². The van der Waals surface area contributed by atoms with Crippen LogP contribution in [0.1, 0.15) is 23.0 Å². The van der Waals surface area contributed by atoms with E-state index in [4.69, 9.17) is 5.73 Å². The van der Waals surface area contributed by atoms with E-state index in [1.165, 1.54) is 35.0 Å². The highest BCUT2D eigenvalue weighted by Gasteiger charge is 2.19. The Labute approximate surface area is 119 Å². The smallest absolute Gasteiger partial charge is 0.254 e. The number of carbonyl (C=O) groups is 1. The number of benzene rings is 1. The normalized spacial score (nSPS) is 10.6. The first-order valence-electron chi connectivity index (χ1n) is 6.37. The highest BCUT2D eigenvalue weighted by molar-refractivity contribution is 5.93. The minimum atomic E-state index is -0.880. The van der Waals surface area contributed by atoms with Gasteiger partial charge in [-0.15, -0.1) is 0 Å². The summed E-state index contributed by atoms with van der Waals surface area (Å²) in [5, 5.41) is 0. The lowest BCUT2D eigenvalue weighted by molar-refractivity contribution is 0.0998. The summed E-state index contributed by atoms with van der Waals surface area (Å²) in [5.41, 5.74) is 4.86. The topological polar surface area (TPSA) is 65.1 Å². The van der Waals surface area contributed by atoms with Crippen LogP contribution in [0.4, 0.5) is 8.78 Å². The first-order valence-corrected chi connectivity index (χ1v) is 6.37. The Hall–Kier alpha value is -2.50. The summed E-state index contributed by atoms with van der Waals surface area (Å²) in [6.45, 7) is 1.24. The molecule has 21 heavy (non-hydrogen) atoms. The number of pyridine rings is 1. The van der Waals surface area contributed by atoms with E-state index in [0.717, 1.165) is 0 Å². The Morgan fingerprint density at radius 1 is 1.29 bits per heavy atom. The number of rotatable bonds is 4. The van der Waals surface area contributed by atoms with Gasteiger partial charge in [0, 0.05) is 12.7 Å². The van der Waals surface area contributed by atoms with Crippen molar-refractivity contribution in [2.75, 3.05) is 0 Å². The zero-order valence-electron chi connectivity index (χ0n) is 11.4. The number of carbonyl (C=O) groups excluding carboxylic acids is 1. The highest BCUT2D eigenvalue weighted by Crippen LogP contribution is 2.22. The van der Waals surface area contributed by atoms with Gasteiger partial charge in [0.05, 0.1) is 11.3 Å². The number of hydrogen-bond acceptors (Lipinski definition) is 2. The Bertz CT molecular complexity index is 737. The minimum absolute atomic E-state index is 0.0376. The third-order valence-corrected chi connectivity index (χ3v) is 3.26. The number of alkyl halides is 1. The molecule has 4 nitrogen and oxygen atoms in total. The number of amides is 1. The molecule has 2 aromatic rings. The van der Waals surface area contributed by atoms with E-state index >= 15 is 0 Å². The van der Waals surface area contributed by atoms with Gasteiger partial charge in [-0.25, -0.2) is 8.78 Å². The standard InChI is InChI=1S/C15H14F2N2O2/c1-2-19-8-11(15(18)21)14(20)13(12(19)7-16)9-3-5-10(17)6-4-9/h3-6,8H,2,7H2,1H3,(H2,18,21). The molecule has 0 aliphatic heterocycles. The van der Waals surface area contributed by atoms with Crippen molar-refractivity contribution in [3.63, 3.8) is 0 Å². The van der Waals surface area contributed by atoms with Crippen molar-refractivity contribution in [2.45, 2.75) is 20.1 Å². The zero-order valence-corrected chi connectivity index (χ0v) is 11.4. The van der Waals surface area contributed by atoms with Gasteiger partial charge in [0.2, 0.25) is 5.43 Å². The van der Waals surface area contributed by atoms with Gasteiger partial charge in [-0.1, -0.05) is 12.1 Å². The number of nitrogens with zero attached hydrogens (tertiary/aromatic N) is 1. The summed E-state index contributed by atoms with van der Waals surface area (Å²) in [5.74, 6) is -1.35. The zero-order chi connectivity index (χ0) is 15.6. The first kappa shape index (κ1) is 14.9. The lowest BCUT2D eigenvalue weighted by Crippen LogP contribution is -2.27. The van der Waals surface area contributed by atoms with Crippen LogP contribution in [-0.2, 0) is 13.2 Å². The monoisotopic (exact) mass is 292 g/mol. The van der Waals surface area contributed by atoms with E-state index in [1.807, 2.05) is 0 Å². The van der Waals surface area contributed by atoms with Crippen molar-refractivity contribution >= 4 is 5.91 Å². The summed E-state index contributed by atoms with van der Waals surface area (Å²) in [6, 6.07) is 5.08. The van der Waals surface area contributed by atoms with Crippen molar-refractivity contribution in [3.8, 4) is 11.1 Å². The molecule has 0 saturated heterocycles. The Balaban J connectivity index is 2.84. The van der Waals surface area contributed by atoms with E-state index < -0.39 is 23.8 Å². The fourth-order valence-electron chi connectivity index (χ4n) is 2.22. The Morgan fingerprint density at radius 2 is 1.90 bits per heavy atom. The minimum Gasteiger partial charge on any atom is -0.365 e. The van der Waals surface area contributed by atoms with Crippen molar-refractivity contribution in [3.05, 3.63) is 57.8 Å². The molecule has 0 aliphatic rings. The number of primary amides is 1. The summed E-state index contributed by atoms with van der Waals surface area (Å²) in [7, 11) is 0. The van der Waals surface area contributed by atoms with Crippen LogP contribution in [0.5, 0.6) is 0 Å². The largest absolute Gasteiger partial charge is 0.365 e. The Morgan fingerprint density at radius 3 is 2.38 bits per heavy atom.